The second-order valence-electron chi connectivity index (χ2n) is 5.08. The van der Waals surface area contributed by atoms with E-state index < -0.39 is 26.1 Å². The van der Waals surface area contributed by atoms with Crippen molar-refractivity contribution in [3.63, 3.8) is 0 Å². The van der Waals surface area contributed by atoms with Gasteiger partial charge < -0.3 is 0 Å². The molecule has 25 heavy (non-hydrogen) atoms. The number of nitro benzene ring substituents is 3. The molecule has 0 bridgehead atoms. The van der Waals surface area contributed by atoms with Gasteiger partial charge in [0, 0.05) is 23.4 Å². The molecule has 0 aromatic heterocycles. The standard InChI is InChI=1S/C15H6N4O6/c16-4-3-11-12-6-8-5-9(17(20)21)1-2-10(8)15(12)14(19(24)25)7-13(11)18(22)23/h1-3,5-7H. The predicted octanol–water partition coefficient (Wildman–Crippen LogP) is 1.52. The van der Waals surface area contributed by atoms with Gasteiger partial charge in [0.2, 0.25) is 0 Å². The second kappa shape index (κ2) is 5.50. The topological polar surface area (TPSA) is 153 Å². The van der Waals surface area contributed by atoms with Crippen LogP contribution in [-0.4, -0.2) is 14.8 Å². The van der Waals surface area contributed by atoms with Crippen LogP contribution >= 0.6 is 0 Å². The summed E-state index contributed by atoms with van der Waals surface area (Å²) in [6.07, 6.45) is 2.30. The average Bonchev–Trinajstić information content (AvgIpc) is 2.93. The van der Waals surface area contributed by atoms with Crippen LogP contribution in [-0.2, 0) is 0 Å². The first kappa shape index (κ1) is 15.8. The Hall–Kier alpha value is -4.13. The van der Waals surface area contributed by atoms with Crippen molar-refractivity contribution in [2.75, 3.05) is 0 Å². The summed E-state index contributed by atoms with van der Waals surface area (Å²) in [6, 6.07) is 6.25. The summed E-state index contributed by atoms with van der Waals surface area (Å²) in [7, 11) is 0. The van der Waals surface area contributed by atoms with Crippen molar-refractivity contribution in [2.24, 2.45) is 0 Å². The van der Waals surface area contributed by atoms with Crippen molar-refractivity contribution in [1.82, 2.24) is 0 Å². The number of non-ortho nitro benzene ring substituents is 2. The molecule has 0 unspecified atom stereocenters. The summed E-state index contributed by atoms with van der Waals surface area (Å²) >= 11 is 0. The third kappa shape index (κ3) is 2.36. The molecule has 3 rings (SSSR count). The SMILES string of the molecule is N#CC=c1c([N+](=O)[O-])cc([N+](=O)[O-])c2c1=Cc1cc([N+](=O)[O-])ccc1-2. The number of rotatable bonds is 3. The minimum atomic E-state index is -0.810. The minimum Gasteiger partial charge on any atom is -0.258 e. The normalized spacial score (nSPS) is 11.9. The molecule has 2 aromatic rings. The third-order valence-corrected chi connectivity index (χ3v) is 3.78. The van der Waals surface area contributed by atoms with Crippen molar-refractivity contribution in [2.45, 2.75) is 0 Å². The first-order valence-electron chi connectivity index (χ1n) is 6.71. The number of nitriles is 1. The molecule has 1 aliphatic rings. The van der Waals surface area contributed by atoms with Crippen molar-refractivity contribution >= 4 is 29.2 Å². The summed E-state index contributed by atoms with van der Waals surface area (Å²) in [5.74, 6) is 0. The minimum absolute atomic E-state index is 0.0769. The molecule has 0 amide bonds. The van der Waals surface area contributed by atoms with E-state index >= 15 is 0 Å². The van der Waals surface area contributed by atoms with Crippen molar-refractivity contribution in [3.8, 4) is 17.2 Å². The maximum absolute atomic E-state index is 11.4. The predicted molar refractivity (Wildman–Crippen MR) is 84.7 cm³/mol. The van der Waals surface area contributed by atoms with E-state index in [4.69, 9.17) is 5.26 Å². The molecule has 0 radical (unpaired) electrons. The Balaban J connectivity index is 2.51. The van der Waals surface area contributed by atoms with Gasteiger partial charge in [-0.1, -0.05) is 0 Å². The van der Waals surface area contributed by atoms with Gasteiger partial charge in [0.05, 0.1) is 37.7 Å². The molecule has 2 aromatic carbocycles. The van der Waals surface area contributed by atoms with E-state index in [1.807, 2.05) is 0 Å². The van der Waals surface area contributed by atoms with E-state index in [-0.39, 0.29) is 21.7 Å². The molecule has 122 valence electrons. The van der Waals surface area contributed by atoms with Gasteiger partial charge in [-0.15, -0.1) is 0 Å². The number of hydrogen-bond acceptors (Lipinski definition) is 7. The summed E-state index contributed by atoms with van der Waals surface area (Å²) in [6.45, 7) is 0. The summed E-state index contributed by atoms with van der Waals surface area (Å²) < 4.78 is 0. The second-order valence-corrected chi connectivity index (χ2v) is 5.08. The van der Waals surface area contributed by atoms with Crippen LogP contribution in [0.2, 0.25) is 0 Å². The Morgan fingerprint density at radius 3 is 2.20 bits per heavy atom. The van der Waals surface area contributed by atoms with Gasteiger partial charge in [-0.05, 0) is 23.3 Å². The van der Waals surface area contributed by atoms with E-state index in [1.165, 1.54) is 24.3 Å². The molecule has 0 saturated heterocycles. The van der Waals surface area contributed by atoms with Crippen molar-refractivity contribution in [1.29, 1.82) is 5.26 Å². The Morgan fingerprint density at radius 2 is 1.64 bits per heavy atom. The van der Waals surface area contributed by atoms with Crippen LogP contribution in [0.25, 0.3) is 23.3 Å². The highest BCUT2D eigenvalue weighted by molar-refractivity contribution is 5.90. The highest BCUT2D eigenvalue weighted by atomic mass is 16.6. The Kier molecular flexibility index (Phi) is 3.47. The summed E-state index contributed by atoms with van der Waals surface area (Å²) in [5.41, 5.74) is -0.533. The first-order valence-corrected chi connectivity index (χ1v) is 6.71. The lowest BCUT2D eigenvalue weighted by molar-refractivity contribution is -0.394. The number of fused-ring (bicyclic) bond motifs is 3. The monoisotopic (exact) mass is 338 g/mol. The van der Waals surface area contributed by atoms with Crippen LogP contribution in [0.3, 0.4) is 0 Å². The van der Waals surface area contributed by atoms with Crippen LogP contribution in [0.1, 0.15) is 5.56 Å². The van der Waals surface area contributed by atoms with E-state index in [1.54, 1.807) is 6.07 Å². The molecular formula is C15H6N4O6. The molecule has 1 aliphatic carbocycles. The molecule has 0 aliphatic heterocycles. The lowest BCUT2D eigenvalue weighted by Gasteiger charge is -2.03. The number of nitro groups is 3. The molecule has 0 N–H and O–H groups in total. The highest BCUT2D eigenvalue weighted by Gasteiger charge is 2.29. The fourth-order valence-corrected chi connectivity index (χ4v) is 2.80. The lowest BCUT2D eigenvalue weighted by atomic mass is 10.0. The molecule has 0 spiro atoms. The molecule has 0 fully saturated rings. The number of nitrogens with zero attached hydrogens (tertiary/aromatic N) is 4. The van der Waals surface area contributed by atoms with Crippen molar-refractivity contribution < 1.29 is 14.8 Å². The Labute approximate surface area is 138 Å². The van der Waals surface area contributed by atoms with E-state index in [9.17, 15) is 30.3 Å². The fourth-order valence-electron chi connectivity index (χ4n) is 2.80. The molecule has 0 saturated carbocycles. The average molecular weight is 338 g/mol. The van der Waals surface area contributed by atoms with Gasteiger partial charge >= 0.3 is 0 Å². The first-order chi connectivity index (χ1) is 11.8. The van der Waals surface area contributed by atoms with Gasteiger partial charge in [0.25, 0.3) is 17.1 Å². The maximum atomic E-state index is 11.4. The molecule has 10 heteroatoms. The third-order valence-electron chi connectivity index (χ3n) is 3.78. The highest BCUT2D eigenvalue weighted by Crippen LogP contribution is 2.36. The smallest absolute Gasteiger partial charge is 0.258 e. The largest absolute Gasteiger partial charge is 0.284 e. The van der Waals surface area contributed by atoms with Crippen LogP contribution in [0.15, 0.2) is 24.3 Å². The quantitative estimate of drug-likeness (QED) is 0.518. The van der Waals surface area contributed by atoms with Gasteiger partial charge in [0.1, 0.15) is 0 Å². The fraction of sp³-hybridized carbons (Fsp3) is 0. The zero-order valence-corrected chi connectivity index (χ0v) is 12.2. The maximum Gasteiger partial charge on any atom is 0.284 e. The summed E-state index contributed by atoms with van der Waals surface area (Å²) in [4.78, 5) is 31.3. The lowest BCUT2D eigenvalue weighted by Crippen LogP contribution is -2.28. The van der Waals surface area contributed by atoms with Crippen LogP contribution in [0, 0.1) is 41.7 Å². The zero-order chi connectivity index (χ0) is 18.3. The Morgan fingerprint density at radius 1 is 0.960 bits per heavy atom. The van der Waals surface area contributed by atoms with Gasteiger partial charge in [-0.3, -0.25) is 30.3 Å². The van der Waals surface area contributed by atoms with E-state index in [0.29, 0.717) is 11.1 Å². The van der Waals surface area contributed by atoms with Crippen LogP contribution < -0.4 is 10.4 Å². The van der Waals surface area contributed by atoms with Gasteiger partial charge in [-0.25, -0.2) is 0 Å². The van der Waals surface area contributed by atoms with E-state index in [2.05, 4.69) is 0 Å². The molecule has 10 nitrogen and oxygen atoms in total. The van der Waals surface area contributed by atoms with Gasteiger partial charge in [-0.2, -0.15) is 5.26 Å². The molecule has 0 heterocycles. The van der Waals surface area contributed by atoms with Crippen molar-refractivity contribution in [3.05, 3.63) is 70.6 Å². The molecule has 0 atom stereocenters. The Bertz CT molecular complexity index is 1150. The summed E-state index contributed by atoms with van der Waals surface area (Å²) in [5, 5.41) is 42.5. The molecular weight excluding hydrogens is 332 g/mol. The van der Waals surface area contributed by atoms with Gasteiger partial charge in [0.15, 0.2) is 0 Å². The van der Waals surface area contributed by atoms with Crippen LogP contribution in [0.5, 0.6) is 0 Å². The van der Waals surface area contributed by atoms with Crippen LogP contribution in [0.4, 0.5) is 17.1 Å². The van der Waals surface area contributed by atoms with E-state index in [0.717, 1.165) is 12.1 Å². The number of benzene rings is 2. The number of hydrogen-bond donors (Lipinski definition) is 0. The zero-order valence-electron chi connectivity index (χ0n) is 12.2.